The number of nitrogens with one attached hydrogen (secondary N) is 2. The number of rotatable bonds is 7. The lowest BCUT2D eigenvalue weighted by atomic mass is 10.0. The molecule has 1 aromatic carbocycles. The number of carbonyl (C=O) groups excluding carboxylic acids is 2. The Hall–Kier alpha value is -4.53. The Bertz CT molecular complexity index is 1630. The van der Waals surface area contributed by atoms with Crippen molar-refractivity contribution in [1.82, 2.24) is 30.0 Å². The number of aromatic amines is 1. The first-order chi connectivity index (χ1) is 18.0. The number of aryl methyl sites for hydroxylation is 1. The van der Waals surface area contributed by atoms with Crippen LogP contribution < -0.4 is 5.32 Å². The van der Waals surface area contributed by atoms with Gasteiger partial charge in [0.25, 0.3) is 5.91 Å². The van der Waals surface area contributed by atoms with Gasteiger partial charge in [0.2, 0.25) is 0 Å². The fraction of sp³-hybridized carbons (Fsp3) is 0.250. The largest absolute Gasteiger partial charge is 0.467 e. The van der Waals surface area contributed by atoms with Gasteiger partial charge in [-0.3, -0.25) is 4.79 Å². The molecule has 9 nitrogen and oxygen atoms in total. The Balaban J connectivity index is 1.40. The smallest absolute Gasteiger partial charge is 0.328 e. The molecule has 6 rings (SSSR count). The van der Waals surface area contributed by atoms with Crippen molar-refractivity contribution in [3.05, 3.63) is 83.4 Å². The Labute approximate surface area is 212 Å². The summed E-state index contributed by atoms with van der Waals surface area (Å²) in [6, 6.07) is 14.4. The van der Waals surface area contributed by atoms with Gasteiger partial charge in [0, 0.05) is 41.3 Å². The summed E-state index contributed by atoms with van der Waals surface area (Å²) in [5.74, 6) is 0.0607. The van der Waals surface area contributed by atoms with Crippen molar-refractivity contribution in [1.29, 1.82) is 0 Å². The average Bonchev–Trinajstić information content (AvgIpc) is 3.63. The maximum Gasteiger partial charge on any atom is 0.328 e. The summed E-state index contributed by atoms with van der Waals surface area (Å²) in [7, 11) is 1.33. The van der Waals surface area contributed by atoms with Crippen molar-refractivity contribution in [3.63, 3.8) is 0 Å². The lowest BCUT2D eigenvalue weighted by Crippen LogP contribution is -2.43. The molecular formula is C28H26N6O3. The molecule has 9 heteroatoms. The van der Waals surface area contributed by atoms with Crippen molar-refractivity contribution < 1.29 is 14.3 Å². The molecule has 1 aliphatic carbocycles. The predicted molar refractivity (Wildman–Crippen MR) is 139 cm³/mol. The van der Waals surface area contributed by atoms with E-state index in [4.69, 9.17) is 9.72 Å². The number of esters is 1. The first-order valence-corrected chi connectivity index (χ1v) is 12.3. The zero-order valence-electron chi connectivity index (χ0n) is 20.6. The molecule has 0 bridgehead atoms. The van der Waals surface area contributed by atoms with Crippen molar-refractivity contribution in [2.45, 2.75) is 38.1 Å². The molecule has 4 aromatic heterocycles. The summed E-state index contributed by atoms with van der Waals surface area (Å²) in [6.07, 6.45) is 5.91. The number of ether oxygens (including phenoxy) is 1. The van der Waals surface area contributed by atoms with Crippen LogP contribution in [-0.2, 0) is 16.0 Å². The third-order valence-corrected chi connectivity index (χ3v) is 6.83. The van der Waals surface area contributed by atoms with Gasteiger partial charge in [-0.05, 0) is 49.6 Å². The molecule has 37 heavy (non-hydrogen) atoms. The molecule has 0 saturated heterocycles. The highest BCUT2D eigenvalue weighted by atomic mass is 16.5. The zero-order chi connectivity index (χ0) is 25.5. The monoisotopic (exact) mass is 494 g/mol. The maximum atomic E-state index is 13.8. The fourth-order valence-electron chi connectivity index (χ4n) is 4.81. The minimum atomic E-state index is -0.865. The zero-order valence-corrected chi connectivity index (χ0v) is 20.6. The third-order valence-electron chi connectivity index (χ3n) is 6.83. The van der Waals surface area contributed by atoms with Gasteiger partial charge in [0.1, 0.15) is 6.04 Å². The molecule has 0 spiro atoms. The van der Waals surface area contributed by atoms with E-state index < -0.39 is 12.0 Å². The molecule has 4 heterocycles. The van der Waals surface area contributed by atoms with Gasteiger partial charge in [-0.15, -0.1) is 0 Å². The first kappa shape index (κ1) is 22.9. The SMILES string of the molecule is COC(=O)[C@@H](Cc1c[nH]c2ccccc12)NC(=O)c1cc(C2CC2)nc2c1c(C)nn2-c1ccccn1. The molecule has 186 valence electrons. The van der Waals surface area contributed by atoms with Crippen LogP contribution in [0.25, 0.3) is 27.8 Å². The molecule has 0 unspecified atom stereocenters. The summed E-state index contributed by atoms with van der Waals surface area (Å²) in [4.78, 5) is 39.1. The number of para-hydroxylation sites is 1. The summed E-state index contributed by atoms with van der Waals surface area (Å²) < 4.78 is 6.73. The van der Waals surface area contributed by atoms with E-state index in [0.717, 1.165) is 35.0 Å². The van der Waals surface area contributed by atoms with Crippen LogP contribution in [0.5, 0.6) is 0 Å². The molecule has 1 aliphatic rings. The topological polar surface area (TPSA) is 115 Å². The second kappa shape index (κ2) is 9.16. The van der Waals surface area contributed by atoms with Gasteiger partial charge < -0.3 is 15.0 Å². The predicted octanol–water partition coefficient (Wildman–Crippen LogP) is 4.00. The number of hydrogen-bond acceptors (Lipinski definition) is 6. The van der Waals surface area contributed by atoms with Gasteiger partial charge >= 0.3 is 5.97 Å². The lowest BCUT2D eigenvalue weighted by Gasteiger charge is -2.17. The Kier molecular flexibility index (Phi) is 5.67. The van der Waals surface area contributed by atoms with Crippen molar-refractivity contribution in [3.8, 4) is 5.82 Å². The highest BCUT2D eigenvalue weighted by Crippen LogP contribution is 2.40. The first-order valence-electron chi connectivity index (χ1n) is 12.3. The van der Waals surface area contributed by atoms with Crippen LogP contribution in [0.2, 0.25) is 0 Å². The molecule has 1 atom stereocenters. The van der Waals surface area contributed by atoms with Gasteiger partial charge in [0.05, 0.1) is 23.8 Å². The number of hydrogen-bond donors (Lipinski definition) is 2. The van der Waals surface area contributed by atoms with E-state index in [1.165, 1.54) is 7.11 Å². The van der Waals surface area contributed by atoms with Crippen LogP contribution >= 0.6 is 0 Å². The lowest BCUT2D eigenvalue weighted by molar-refractivity contribution is -0.142. The summed E-state index contributed by atoms with van der Waals surface area (Å²) in [5.41, 5.74) is 4.42. The molecule has 1 fully saturated rings. The normalized spacial score (nSPS) is 14.1. The molecule has 0 aliphatic heterocycles. The van der Waals surface area contributed by atoms with Crippen LogP contribution in [0.1, 0.15) is 46.1 Å². The minimum absolute atomic E-state index is 0.290. The van der Waals surface area contributed by atoms with Crippen molar-refractivity contribution in [2.75, 3.05) is 7.11 Å². The van der Waals surface area contributed by atoms with Gasteiger partial charge in [-0.1, -0.05) is 24.3 Å². The van der Waals surface area contributed by atoms with Crippen LogP contribution in [-0.4, -0.2) is 49.8 Å². The van der Waals surface area contributed by atoms with Crippen LogP contribution in [0, 0.1) is 6.92 Å². The second-order valence-corrected chi connectivity index (χ2v) is 9.37. The van der Waals surface area contributed by atoms with E-state index in [0.29, 0.717) is 34.0 Å². The van der Waals surface area contributed by atoms with E-state index in [1.807, 2.05) is 61.7 Å². The van der Waals surface area contributed by atoms with Gasteiger partial charge in [0.15, 0.2) is 11.5 Å². The minimum Gasteiger partial charge on any atom is -0.467 e. The number of benzene rings is 1. The highest BCUT2D eigenvalue weighted by molar-refractivity contribution is 6.08. The van der Waals surface area contributed by atoms with E-state index in [9.17, 15) is 9.59 Å². The molecule has 1 amide bonds. The number of amides is 1. The Morgan fingerprint density at radius 2 is 2.00 bits per heavy atom. The quantitative estimate of drug-likeness (QED) is 0.331. The van der Waals surface area contributed by atoms with E-state index in [1.54, 1.807) is 10.9 Å². The Morgan fingerprint density at radius 3 is 2.76 bits per heavy atom. The number of carbonyl (C=O) groups is 2. The molecule has 5 aromatic rings. The molecule has 1 saturated carbocycles. The summed E-state index contributed by atoms with van der Waals surface area (Å²) in [5, 5.41) is 9.24. The van der Waals surface area contributed by atoms with E-state index >= 15 is 0 Å². The maximum absolute atomic E-state index is 13.8. The number of H-pyrrole nitrogens is 1. The number of methoxy groups -OCH3 is 1. The van der Waals surface area contributed by atoms with Gasteiger partial charge in [-0.2, -0.15) is 9.78 Å². The van der Waals surface area contributed by atoms with Crippen LogP contribution in [0.3, 0.4) is 0 Å². The molecule has 0 radical (unpaired) electrons. The highest BCUT2D eigenvalue weighted by Gasteiger charge is 2.31. The van der Waals surface area contributed by atoms with Crippen molar-refractivity contribution >= 4 is 33.8 Å². The average molecular weight is 495 g/mol. The van der Waals surface area contributed by atoms with Crippen molar-refractivity contribution in [2.24, 2.45) is 0 Å². The van der Waals surface area contributed by atoms with Gasteiger partial charge in [-0.25, -0.2) is 14.8 Å². The molecule has 2 N–H and O–H groups in total. The van der Waals surface area contributed by atoms with Crippen LogP contribution in [0.15, 0.2) is 60.9 Å². The third kappa shape index (κ3) is 4.22. The molecular weight excluding hydrogens is 468 g/mol. The van der Waals surface area contributed by atoms with E-state index in [-0.39, 0.29) is 12.3 Å². The summed E-state index contributed by atoms with van der Waals surface area (Å²) in [6.45, 7) is 1.85. The fourth-order valence-corrected chi connectivity index (χ4v) is 4.81. The van der Waals surface area contributed by atoms with E-state index in [2.05, 4.69) is 20.4 Å². The number of pyridine rings is 2. The Morgan fingerprint density at radius 1 is 1.19 bits per heavy atom. The number of aromatic nitrogens is 5. The van der Waals surface area contributed by atoms with Crippen LogP contribution in [0.4, 0.5) is 0 Å². The number of nitrogens with zero attached hydrogens (tertiary/aromatic N) is 4. The number of fused-ring (bicyclic) bond motifs is 2. The summed E-state index contributed by atoms with van der Waals surface area (Å²) >= 11 is 0. The second-order valence-electron chi connectivity index (χ2n) is 9.37. The standard InChI is InChI=1S/C28H26N6O3/c1-16-25-20(14-22(17-10-11-17)31-26(25)34(33-16)24-9-5-6-12-29-24)27(35)32-23(28(36)37-2)13-18-15-30-21-8-4-3-7-19(18)21/h3-9,12,14-15,17,23,30H,10-11,13H2,1-2H3,(H,32,35)/t23-/m1/s1.